The van der Waals surface area contributed by atoms with E-state index in [9.17, 15) is 4.79 Å². The largest absolute Gasteiger partial charge is 0.497 e. The summed E-state index contributed by atoms with van der Waals surface area (Å²) >= 11 is 1.39. The van der Waals surface area contributed by atoms with Crippen LogP contribution in [0.1, 0.15) is 43.7 Å². The lowest BCUT2D eigenvalue weighted by atomic mass is 9.96. The predicted molar refractivity (Wildman–Crippen MR) is 95.5 cm³/mol. The van der Waals surface area contributed by atoms with E-state index in [0.717, 1.165) is 29.3 Å². The van der Waals surface area contributed by atoms with Crippen LogP contribution in [0.4, 0.5) is 0 Å². The van der Waals surface area contributed by atoms with Crippen LogP contribution in [0, 0.1) is 0 Å². The minimum atomic E-state index is -0.0361. The highest BCUT2D eigenvalue weighted by atomic mass is 32.2. The summed E-state index contributed by atoms with van der Waals surface area (Å²) in [5.74, 6) is 1.05. The van der Waals surface area contributed by atoms with E-state index in [-0.39, 0.29) is 5.91 Å². The number of carbonyl (C=O) groups is 1. The fourth-order valence-corrected chi connectivity index (χ4v) is 3.77. The van der Waals surface area contributed by atoms with Crippen LogP contribution in [0.2, 0.25) is 0 Å². The van der Waals surface area contributed by atoms with E-state index in [1.54, 1.807) is 7.11 Å². The molecule has 1 heterocycles. The SMILES string of the molecule is COc1cccc(CNC(=O)CSc2nnnn2C2CCCCC2)c1. The van der Waals surface area contributed by atoms with Crippen LogP contribution in [0.3, 0.4) is 0 Å². The van der Waals surface area contributed by atoms with Gasteiger partial charge in [-0.1, -0.05) is 43.2 Å². The zero-order chi connectivity index (χ0) is 17.5. The number of thioether (sulfide) groups is 1. The lowest BCUT2D eigenvalue weighted by molar-refractivity contribution is -0.118. The molecule has 0 saturated heterocycles. The van der Waals surface area contributed by atoms with E-state index < -0.39 is 0 Å². The molecule has 1 aliphatic rings. The number of ether oxygens (including phenoxy) is 1. The molecule has 1 fully saturated rings. The topological polar surface area (TPSA) is 81.9 Å². The standard InChI is InChI=1S/C17H23N5O2S/c1-24-15-9-5-6-13(10-15)11-18-16(23)12-25-17-19-20-21-22(17)14-7-3-2-4-8-14/h5-6,9-10,14H,2-4,7-8,11-12H2,1H3,(H,18,23). The van der Waals surface area contributed by atoms with Crippen molar-refractivity contribution in [3.05, 3.63) is 29.8 Å². The molecule has 1 aromatic heterocycles. The number of aromatic nitrogens is 4. The summed E-state index contributed by atoms with van der Waals surface area (Å²) in [5.41, 5.74) is 1.00. The first-order valence-electron chi connectivity index (χ1n) is 8.56. The highest BCUT2D eigenvalue weighted by molar-refractivity contribution is 7.99. The number of carbonyl (C=O) groups excluding carboxylic acids is 1. The van der Waals surface area contributed by atoms with Gasteiger partial charge in [0.15, 0.2) is 0 Å². The van der Waals surface area contributed by atoms with Gasteiger partial charge in [-0.05, 0) is 41.0 Å². The Morgan fingerprint density at radius 2 is 2.20 bits per heavy atom. The van der Waals surface area contributed by atoms with E-state index in [1.807, 2.05) is 28.9 Å². The molecule has 0 unspecified atom stereocenters. The number of amides is 1. The molecule has 0 spiro atoms. The smallest absolute Gasteiger partial charge is 0.230 e. The van der Waals surface area contributed by atoms with Gasteiger partial charge in [-0.25, -0.2) is 4.68 Å². The first-order chi connectivity index (χ1) is 12.3. The lowest BCUT2D eigenvalue weighted by Crippen LogP contribution is -2.25. The second-order valence-corrected chi connectivity index (χ2v) is 7.06. The average Bonchev–Trinajstić information content (AvgIpc) is 3.14. The van der Waals surface area contributed by atoms with Crippen LogP contribution in [-0.4, -0.2) is 39.0 Å². The molecule has 1 aromatic carbocycles. The molecule has 1 saturated carbocycles. The van der Waals surface area contributed by atoms with Crippen LogP contribution in [0.5, 0.6) is 5.75 Å². The number of hydrogen-bond donors (Lipinski definition) is 1. The van der Waals surface area contributed by atoms with Gasteiger partial charge < -0.3 is 10.1 Å². The Hall–Kier alpha value is -2.09. The molecule has 3 rings (SSSR count). The second-order valence-electron chi connectivity index (χ2n) is 6.11. The molecule has 134 valence electrons. The van der Waals surface area contributed by atoms with Gasteiger partial charge >= 0.3 is 0 Å². The minimum absolute atomic E-state index is 0.0361. The van der Waals surface area contributed by atoms with Crippen LogP contribution < -0.4 is 10.1 Å². The zero-order valence-corrected chi connectivity index (χ0v) is 15.2. The first-order valence-corrected chi connectivity index (χ1v) is 9.55. The molecule has 25 heavy (non-hydrogen) atoms. The quantitative estimate of drug-likeness (QED) is 0.764. The van der Waals surface area contributed by atoms with Gasteiger partial charge in [0.25, 0.3) is 0 Å². The molecule has 1 N–H and O–H groups in total. The molecular formula is C17H23N5O2S. The Morgan fingerprint density at radius 1 is 1.36 bits per heavy atom. The normalized spacial score (nSPS) is 15.1. The number of nitrogens with one attached hydrogen (secondary N) is 1. The van der Waals surface area contributed by atoms with Crippen LogP contribution in [0.25, 0.3) is 0 Å². The molecular weight excluding hydrogens is 338 g/mol. The summed E-state index contributed by atoms with van der Waals surface area (Å²) in [6, 6.07) is 8.03. The minimum Gasteiger partial charge on any atom is -0.497 e. The predicted octanol–water partition coefficient (Wildman–Crippen LogP) is 2.60. The first kappa shape index (κ1) is 17.7. The van der Waals surface area contributed by atoms with Crippen molar-refractivity contribution in [1.29, 1.82) is 0 Å². The van der Waals surface area contributed by atoms with Crippen molar-refractivity contribution in [3.63, 3.8) is 0 Å². The summed E-state index contributed by atoms with van der Waals surface area (Å²) < 4.78 is 7.08. The van der Waals surface area contributed by atoms with Crippen molar-refractivity contribution in [2.24, 2.45) is 0 Å². The molecule has 2 aromatic rings. The second kappa shape index (κ2) is 8.84. The Morgan fingerprint density at radius 3 is 3.00 bits per heavy atom. The Kier molecular flexibility index (Phi) is 6.27. The van der Waals surface area contributed by atoms with E-state index in [1.165, 1.54) is 31.0 Å². The monoisotopic (exact) mass is 361 g/mol. The molecule has 0 aliphatic heterocycles. The molecule has 0 radical (unpaired) electrons. The number of benzene rings is 1. The Balaban J connectivity index is 1.48. The van der Waals surface area contributed by atoms with E-state index in [4.69, 9.17) is 4.74 Å². The average molecular weight is 361 g/mol. The summed E-state index contributed by atoms with van der Waals surface area (Å²) in [6.45, 7) is 0.476. The van der Waals surface area contributed by atoms with Gasteiger partial charge in [0.1, 0.15) is 5.75 Å². The highest BCUT2D eigenvalue weighted by Crippen LogP contribution is 2.30. The number of rotatable bonds is 7. The van der Waals surface area contributed by atoms with Gasteiger partial charge in [-0.2, -0.15) is 0 Å². The van der Waals surface area contributed by atoms with Gasteiger partial charge in [0.2, 0.25) is 11.1 Å². The van der Waals surface area contributed by atoms with Crippen molar-refractivity contribution >= 4 is 17.7 Å². The van der Waals surface area contributed by atoms with E-state index in [0.29, 0.717) is 18.3 Å². The number of hydrogen-bond acceptors (Lipinski definition) is 6. The number of methoxy groups -OCH3 is 1. The lowest BCUT2D eigenvalue weighted by Gasteiger charge is -2.21. The summed E-state index contributed by atoms with van der Waals surface area (Å²) in [4.78, 5) is 12.1. The number of nitrogens with zero attached hydrogens (tertiary/aromatic N) is 4. The van der Waals surface area contributed by atoms with Crippen molar-refractivity contribution < 1.29 is 9.53 Å². The van der Waals surface area contributed by atoms with Crippen molar-refractivity contribution in [2.75, 3.05) is 12.9 Å². The third-order valence-electron chi connectivity index (χ3n) is 4.34. The molecule has 1 aliphatic carbocycles. The van der Waals surface area contributed by atoms with Gasteiger partial charge in [-0.15, -0.1) is 5.10 Å². The van der Waals surface area contributed by atoms with Gasteiger partial charge in [-0.3, -0.25) is 4.79 Å². The van der Waals surface area contributed by atoms with E-state index >= 15 is 0 Å². The maximum Gasteiger partial charge on any atom is 0.230 e. The van der Waals surface area contributed by atoms with Crippen molar-refractivity contribution in [1.82, 2.24) is 25.5 Å². The summed E-state index contributed by atoms with van der Waals surface area (Å²) in [6.07, 6.45) is 5.94. The van der Waals surface area contributed by atoms with Crippen LogP contribution in [0.15, 0.2) is 29.4 Å². The molecule has 1 amide bonds. The van der Waals surface area contributed by atoms with Crippen LogP contribution >= 0.6 is 11.8 Å². The summed E-state index contributed by atoms with van der Waals surface area (Å²) in [7, 11) is 1.63. The summed E-state index contributed by atoms with van der Waals surface area (Å²) in [5, 5.41) is 15.6. The van der Waals surface area contributed by atoms with Gasteiger partial charge in [0.05, 0.1) is 18.9 Å². The number of tetrazole rings is 1. The maximum absolute atomic E-state index is 12.1. The highest BCUT2D eigenvalue weighted by Gasteiger charge is 2.20. The molecule has 0 atom stereocenters. The maximum atomic E-state index is 12.1. The zero-order valence-electron chi connectivity index (χ0n) is 14.4. The fourth-order valence-electron chi connectivity index (χ4n) is 3.00. The molecule has 7 nitrogen and oxygen atoms in total. The van der Waals surface area contributed by atoms with Crippen molar-refractivity contribution in [3.8, 4) is 5.75 Å². The third kappa shape index (κ3) is 4.94. The Labute approximate surface area is 151 Å². The Bertz CT molecular complexity index is 700. The third-order valence-corrected chi connectivity index (χ3v) is 5.27. The molecule has 0 bridgehead atoms. The van der Waals surface area contributed by atoms with E-state index in [2.05, 4.69) is 20.8 Å². The van der Waals surface area contributed by atoms with Crippen molar-refractivity contribution in [2.45, 2.75) is 49.8 Å². The van der Waals surface area contributed by atoms with Gasteiger partial charge in [0, 0.05) is 6.54 Å². The molecule has 8 heteroatoms. The fraction of sp³-hybridized carbons (Fsp3) is 0.529. The van der Waals surface area contributed by atoms with Crippen LogP contribution in [-0.2, 0) is 11.3 Å².